The molecule has 1 saturated heterocycles. The topological polar surface area (TPSA) is 49.0 Å². The van der Waals surface area contributed by atoms with Crippen LogP contribution in [0.5, 0.6) is 0 Å². The van der Waals surface area contributed by atoms with Gasteiger partial charge in [0.15, 0.2) is 0 Å². The van der Waals surface area contributed by atoms with Crippen LogP contribution in [-0.4, -0.2) is 27.5 Å². The first-order chi connectivity index (χ1) is 10.1. The molecule has 1 aliphatic heterocycles. The number of carbonyl (C=O) groups is 1. The van der Waals surface area contributed by atoms with Crippen molar-refractivity contribution < 1.29 is 4.79 Å². The Balaban J connectivity index is 1.79. The molecule has 1 unspecified atom stereocenters. The first-order valence-electron chi connectivity index (χ1n) is 7.11. The van der Waals surface area contributed by atoms with E-state index in [-0.39, 0.29) is 11.9 Å². The number of aromatic nitrogens is 2. The summed E-state index contributed by atoms with van der Waals surface area (Å²) in [5, 5.41) is 7.29. The molecule has 1 atom stereocenters. The van der Waals surface area contributed by atoms with Crippen LogP contribution in [0.25, 0.3) is 0 Å². The lowest BCUT2D eigenvalue weighted by molar-refractivity contribution is -0.131. The molecule has 0 bridgehead atoms. The number of hydrogen-bond donors (Lipinski definition) is 1. The minimum Gasteiger partial charge on any atom is -0.335 e. The number of aromatic amines is 1. The maximum atomic E-state index is 12.6. The van der Waals surface area contributed by atoms with E-state index in [9.17, 15) is 4.79 Å². The zero-order valence-electron chi connectivity index (χ0n) is 12.1. The number of thiophene rings is 1. The van der Waals surface area contributed by atoms with Crippen molar-refractivity contribution in [3.05, 3.63) is 38.3 Å². The number of hydrogen-bond acceptors (Lipinski definition) is 3. The lowest BCUT2D eigenvalue weighted by Gasteiger charge is -2.25. The summed E-state index contributed by atoms with van der Waals surface area (Å²) in [5.41, 5.74) is 3.25. The second-order valence-electron chi connectivity index (χ2n) is 5.48. The Morgan fingerprint density at radius 1 is 1.52 bits per heavy atom. The zero-order valence-corrected chi connectivity index (χ0v) is 13.7. The summed E-state index contributed by atoms with van der Waals surface area (Å²) in [6.07, 6.45) is 2.49. The Morgan fingerprint density at radius 2 is 2.33 bits per heavy atom. The van der Waals surface area contributed by atoms with E-state index in [2.05, 4.69) is 10.2 Å². The van der Waals surface area contributed by atoms with Crippen LogP contribution in [0.1, 0.15) is 40.7 Å². The molecule has 1 amide bonds. The van der Waals surface area contributed by atoms with Gasteiger partial charge in [0.2, 0.25) is 5.91 Å². The molecular formula is C15H18ClN3OS. The first kappa shape index (κ1) is 14.6. The predicted octanol–water partition coefficient (Wildman–Crippen LogP) is 3.65. The monoisotopic (exact) mass is 323 g/mol. The van der Waals surface area contributed by atoms with Gasteiger partial charge >= 0.3 is 0 Å². The van der Waals surface area contributed by atoms with Gasteiger partial charge in [-0.05, 0) is 38.8 Å². The van der Waals surface area contributed by atoms with Gasteiger partial charge < -0.3 is 4.90 Å². The number of aryl methyl sites for hydroxylation is 2. The van der Waals surface area contributed by atoms with Crippen molar-refractivity contribution in [3.63, 3.8) is 0 Å². The number of carbonyl (C=O) groups excluding carboxylic acids is 1. The molecule has 3 rings (SSSR count). The summed E-state index contributed by atoms with van der Waals surface area (Å²) in [7, 11) is 0. The highest BCUT2D eigenvalue weighted by atomic mass is 35.5. The molecule has 21 heavy (non-hydrogen) atoms. The smallest absolute Gasteiger partial charge is 0.228 e. The molecule has 6 heteroatoms. The average molecular weight is 324 g/mol. The lowest BCUT2D eigenvalue weighted by atomic mass is 10.0. The van der Waals surface area contributed by atoms with Gasteiger partial charge in [0.1, 0.15) is 0 Å². The SMILES string of the molecule is Cc1n[nH]c(C)c1C1CCCN1C(=O)Cc1ccc(Cl)s1. The van der Waals surface area contributed by atoms with Crippen molar-refractivity contribution in [2.24, 2.45) is 0 Å². The Hall–Kier alpha value is -1.33. The lowest BCUT2D eigenvalue weighted by Crippen LogP contribution is -2.32. The third-order valence-electron chi connectivity index (χ3n) is 4.05. The van der Waals surface area contributed by atoms with E-state index in [0.717, 1.165) is 40.0 Å². The highest BCUT2D eigenvalue weighted by Gasteiger charge is 2.32. The standard InChI is InChI=1S/C15H18ClN3OS/c1-9-15(10(2)18-17-9)12-4-3-7-19(12)14(20)8-11-5-6-13(16)21-11/h5-6,12H,3-4,7-8H2,1-2H3,(H,17,18). The van der Waals surface area contributed by atoms with Crippen molar-refractivity contribution in [3.8, 4) is 0 Å². The molecule has 0 aromatic carbocycles. The minimum atomic E-state index is 0.159. The second-order valence-corrected chi connectivity index (χ2v) is 7.28. The summed E-state index contributed by atoms with van der Waals surface area (Å²) in [5.74, 6) is 0.177. The van der Waals surface area contributed by atoms with E-state index in [0.29, 0.717) is 6.42 Å². The van der Waals surface area contributed by atoms with Crippen LogP contribution in [0, 0.1) is 13.8 Å². The van der Waals surface area contributed by atoms with E-state index >= 15 is 0 Å². The van der Waals surface area contributed by atoms with Gasteiger partial charge in [-0.1, -0.05) is 11.6 Å². The van der Waals surface area contributed by atoms with Crippen molar-refractivity contribution in [1.82, 2.24) is 15.1 Å². The number of halogens is 1. The molecule has 1 aliphatic rings. The van der Waals surface area contributed by atoms with Gasteiger partial charge in [-0.3, -0.25) is 9.89 Å². The molecule has 3 heterocycles. The van der Waals surface area contributed by atoms with Crippen molar-refractivity contribution in [2.45, 2.75) is 39.2 Å². The van der Waals surface area contributed by atoms with Gasteiger partial charge in [0.25, 0.3) is 0 Å². The molecular weight excluding hydrogens is 306 g/mol. The van der Waals surface area contributed by atoms with E-state index in [1.54, 1.807) is 0 Å². The normalized spacial score (nSPS) is 18.4. The fourth-order valence-electron chi connectivity index (χ4n) is 3.11. The highest BCUT2D eigenvalue weighted by Crippen LogP contribution is 2.35. The Kier molecular flexibility index (Phi) is 4.04. The molecule has 0 radical (unpaired) electrons. The number of nitrogens with zero attached hydrogens (tertiary/aromatic N) is 2. The summed E-state index contributed by atoms with van der Waals surface area (Å²) < 4.78 is 0.734. The van der Waals surface area contributed by atoms with Gasteiger partial charge in [-0.25, -0.2) is 0 Å². The van der Waals surface area contributed by atoms with Crippen LogP contribution in [0.2, 0.25) is 4.34 Å². The fraction of sp³-hybridized carbons (Fsp3) is 0.467. The van der Waals surface area contributed by atoms with E-state index in [4.69, 9.17) is 11.6 Å². The maximum absolute atomic E-state index is 12.6. The number of nitrogens with one attached hydrogen (secondary N) is 1. The van der Waals surface area contributed by atoms with Gasteiger partial charge in [0, 0.05) is 22.7 Å². The molecule has 0 spiro atoms. The van der Waals surface area contributed by atoms with E-state index in [1.807, 2.05) is 30.9 Å². The molecule has 2 aromatic heterocycles. The number of likely N-dealkylation sites (tertiary alicyclic amines) is 1. The number of amides is 1. The van der Waals surface area contributed by atoms with Crippen LogP contribution in [0.15, 0.2) is 12.1 Å². The molecule has 1 N–H and O–H groups in total. The fourth-order valence-corrected chi connectivity index (χ4v) is 4.19. The van der Waals surface area contributed by atoms with Crippen LogP contribution in [-0.2, 0) is 11.2 Å². The van der Waals surface area contributed by atoms with Gasteiger partial charge in [-0.15, -0.1) is 11.3 Å². The van der Waals surface area contributed by atoms with Crippen molar-refractivity contribution in [1.29, 1.82) is 0 Å². The quantitative estimate of drug-likeness (QED) is 0.937. The molecule has 0 saturated carbocycles. The van der Waals surface area contributed by atoms with E-state index in [1.165, 1.54) is 16.9 Å². The summed E-state index contributed by atoms with van der Waals surface area (Å²) >= 11 is 7.42. The zero-order chi connectivity index (χ0) is 15.0. The number of rotatable bonds is 3. The maximum Gasteiger partial charge on any atom is 0.228 e. The predicted molar refractivity (Wildman–Crippen MR) is 84.8 cm³/mol. The summed E-state index contributed by atoms with van der Waals surface area (Å²) in [6.45, 7) is 4.85. The second kappa shape index (κ2) is 5.81. The summed E-state index contributed by atoms with van der Waals surface area (Å²) in [4.78, 5) is 15.6. The average Bonchev–Trinajstić information content (AvgIpc) is 3.12. The largest absolute Gasteiger partial charge is 0.335 e. The molecule has 2 aromatic rings. The van der Waals surface area contributed by atoms with Gasteiger partial charge in [-0.2, -0.15) is 5.10 Å². The van der Waals surface area contributed by atoms with Crippen LogP contribution < -0.4 is 0 Å². The molecule has 112 valence electrons. The molecule has 4 nitrogen and oxygen atoms in total. The van der Waals surface area contributed by atoms with Crippen LogP contribution in [0.3, 0.4) is 0 Å². The van der Waals surface area contributed by atoms with Crippen LogP contribution >= 0.6 is 22.9 Å². The van der Waals surface area contributed by atoms with Crippen LogP contribution in [0.4, 0.5) is 0 Å². The number of H-pyrrole nitrogens is 1. The first-order valence-corrected chi connectivity index (χ1v) is 8.31. The summed E-state index contributed by atoms with van der Waals surface area (Å²) in [6, 6.07) is 3.94. The Morgan fingerprint density at radius 3 is 2.95 bits per heavy atom. The Labute approximate surface area is 133 Å². The van der Waals surface area contributed by atoms with Crippen molar-refractivity contribution in [2.75, 3.05) is 6.54 Å². The third kappa shape index (κ3) is 2.85. The van der Waals surface area contributed by atoms with Gasteiger partial charge in [0.05, 0.1) is 22.5 Å². The minimum absolute atomic E-state index is 0.159. The molecule has 1 fully saturated rings. The molecule has 0 aliphatic carbocycles. The Bertz CT molecular complexity index is 644. The highest BCUT2D eigenvalue weighted by molar-refractivity contribution is 7.16. The van der Waals surface area contributed by atoms with E-state index < -0.39 is 0 Å². The third-order valence-corrected chi connectivity index (χ3v) is 5.28. The van der Waals surface area contributed by atoms with Crippen molar-refractivity contribution >= 4 is 28.8 Å².